The van der Waals surface area contributed by atoms with Crippen LogP contribution in [0.1, 0.15) is 116 Å². The predicted molar refractivity (Wildman–Crippen MR) is 252 cm³/mol. The van der Waals surface area contributed by atoms with Crippen molar-refractivity contribution >= 4 is 27.8 Å². The van der Waals surface area contributed by atoms with Crippen LogP contribution in [-0.2, 0) is 67.5 Å². The standard InChI is InChI=1S/C44H60N2O2.C6H18NSi2.Y/c1-41(2,3)33-25-31(39(47)37(27-33)43(7,8)9)29-45(35-19-15-13-16-20-35)23-24-46(36-21-17-14-18-22-36)30-32-26-34(42(4,5)6)28-38(40(32)48)44(10,11)12;1-8(2,3)7-9(4,5)6;/h13-22,25-28,47-48H,23-24,29-30H2,1-12H3;1-6H3;/q;-1;+3/p-2. The van der Waals surface area contributed by atoms with Crippen LogP contribution in [0.15, 0.2) is 84.9 Å². The molecule has 0 amide bonds. The molecule has 8 heteroatoms. The van der Waals surface area contributed by atoms with Crippen molar-refractivity contribution in [3.05, 3.63) is 123 Å². The molecule has 314 valence electrons. The average Bonchev–Trinajstić information content (AvgIpc) is 3.04. The van der Waals surface area contributed by atoms with Gasteiger partial charge in [-0.15, -0.1) is 11.5 Å². The quantitative estimate of drug-likeness (QED) is 0.141. The van der Waals surface area contributed by atoms with Gasteiger partial charge in [0, 0.05) is 37.6 Å². The second-order valence-corrected chi connectivity index (χ2v) is 31.6. The summed E-state index contributed by atoms with van der Waals surface area (Å²) in [5.41, 5.74) is 7.14. The minimum absolute atomic E-state index is 0. The van der Waals surface area contributed by atoms with E-state index in [1.165, 1.54) is 11.1 Å². The van der Waals surface area contributed by atoms with Crippen molar-refractivity contribution in [3.8, 4) is 11.5 Å². The van der Waals surface area contributed by atoms with Crippen LogP contribution in [0.3, 0.4) is 0 Å². The summed E-state index contributed by atoms with van der Waals surface area (Å²) in [6.07, 6.45) is 0. The smallest absolute Gasteiger partial charge is 0.872 e. The maximum atomic E-state index is 14.1. The summed E-state index contributed by atoms with van der Waals surface area (Å²) in [6.45, 7) is 42.1. The van der Waals surface area contributed by atoms with Crippen molar-refractivity contribution in [2.75, 3.05) is 22.9 Å². The van der Waals surface area contributed by atoms with E-state index in [0.29, 0.717) is 26.2 Å². The molecule has 0 N–H and O–H groups in total. The fourth-order valence-electron chi connectivity index (χ4n) is 7.13. The second kappa shape index (κ2) is 20.0. The van der Waals surface area contributed by atoms with Gasteiger partial charge >= 0.3 is 32.7 Å². The van der Waals surface area contributed by atoms with E-state index in [9.17, 15) is 10.2 Å². The van der Waals surface area contributed by atoms with Crippen molar-refractivity contribution in [3.63, 3.8) is 0 Å². The molecule has 0 aliphatic carbocycles. The summed E-state index contributed by atoms with van der Waals surface area (Å²) in [6, 6.07) is 29.2. The number of hydrogen-bond acceptors (Lipinski definition) is 4. The Morgan fingerprint density at radius 3 is 0.983 bits per heavy atom. The monoisotopic (exact) mass is 895 g/mol. The number of nitrogens with zero attached hydrogens (tertiary/aromatic N) is 3. The first-order valence-corrected chi connectivity index (χ1v) is 27.8. The van der Waals surface area contributed by atoms with E-state index in [4.69, 9.17) is 4.65 Å². The van der Waals surface area contributed by atoms with E-state index in [1.807, 2.05) is 12.1 Å². The number of anilines is 2. The fourth-order valence-corrected chi connectivity index (χ4v) is 15.2. The van der Waals surface area contributed by atoms with E-state index in [0.717, 1.165) is 33.6 Å². The van der Waals surface area contributed by atoms with Crippen LogP contribution >= 0.6 is 0 Å². The van der Waals surface area contributed by atoms with Gasteiger partial charge in [-0.1, -0.05) is 200 Å². The number of para-hydroxylation sites is 2. The van der Waals surface area contributed by atoms with E-state index in [-0.39, 0.29) is 65.9 Å². The summed E-state index contributed by atoms with van der Waals surface area (Å²) < 4.78 is 4.82. The molecule has 0 aliphatic heterocycles. The van der Waals surface area contributed by atoms with Crippen molar-refractivity contribution in [1.82, 2.24) is 0 Å². The minimum Gasteiger partial charge on any atom is -0.872 e. The molecule has 4 aromatic carbocycles. The summed E-state index contributed by atoms with van der Waals surface area (Å²) in [5.74, 6) is 0.252. The molecule has 0 fully saturated rings. The van der Waals surface area contributed by atoms with Gasteiger partial charge in [-0.3, -0.25) is 0 Å². The van der Waals surface area contributed by atoms with Gasteiger partial charge in [-0.2, -0.15) is 0 Å². The summed E-state index contributed by atoms with van der Waals surface area (Å²) in [4.78, 5) is 4.63. The van der Waals surface area contributed by atoms with Gasteiger partial charge in [0.2, 0.25) is 0 Å². The SMILES string of the molecule is CC(C)(C)c1cc(CN(CCN(Cc2cc(C(C)(C)C)cc(C(C)(C)C)c2[O-])c2ccccc2)c2ccccc2)c([O-])c(C(C)(C)C)c1.C[Si](C)(C)[N-][Si](C)(C)C.[Y+3]. The zero-order valence-corrected chi connectivity index (χ0v) is 44.5. The molecule has 0 aliphatic rings. The third-order valence-corrected chi connectivity index (χ3v) is 15.3. The molecule has 0 atom stereocenters. The number of benzene rings is 4. The van der Waals surface area contributed by atoms with Gasteiger partial charge in [0.15, 0.2) is 0 Å². The molecule has 4 rings (SSSR count). The average molecular weight is 896 g/mol. The van der Waals surface area contributed by atoms with Crippen LogP contribution in [0.25, 0.3) is 4.65 Å². The predicted octanol–water partition coefficient (Wildman–Crippen LogP) is 12.8. The van der Waals surface area contributed by atoms with Crippen LogP contribution < -0.4 is 20.0 Å². The van der Waals surface area contributed by atoms with Crippen molar-refractivity contribution in [1.29, 1.82) is 0 Å². The molecular weight excluding hydrogens is 820 g/mol. The van der Waals surface area contributed by atoms with E-state index >= 15 is 0 Å². The third-order valence-electron chi connectivity index (χ3n) is 9.96. The van der Waals surface area contributed by atoms with E-state index in [2.05, 4.69) is 205 Å². The van der Waals surface area contributed by atoms with Crippen LogP contribution in [0, 0.1) is 0 Å². The summed E-state index contributed by atoms with van der Waals surface area (Å²) >= 11 is 0. The van der Waals surface area contributed by atoms with Gasteiger partial charge in [-0.05, 0) is 79.3 Å². The Balaban J connectivity index is 0.00000104. The molecule has 0 saturated carbocycles. The van der Waals surface area contributed by atoms with Crippen molar-refractivity contribution in [2.45, 2.75) is 157 Å². The van der Waals surface area contributed by atoms with Crippen molar-refractivity contribution in [2.24, 2.45) is 0 Å². The summed E-state index contributed by atoms with van der Waals surface area (Å²) in [7, 11) is -2.21. The molecule has 0 unspecified atom stereocenters. The Morgan fingerprint density at radius 2 is 0.759 bits per heavy atom. The topological polar surface area (TPSA) is 66.7 Å². The maximum absolute atomic E-state index is 14.1. The van der Waals surface area contributed by atoms with Gasteiger partial charge in [0.05, 0.1) is 0 Å². The first-order chi connectivity index (χ1) is 25.9. The Labute approximate surface area is 382 Å². The zero-order chi connectivity index (χ0) is 43.4. The fraction of sp³-hybridized carbons (Fsp3) is 0.520. The summed E-state index contributed by atoms with van der Waals surface area (Å²) in [5, 5.41) is 28.1. The molecule has 0 heterocycles. The van der Waals surface area contributed by atoms with Crippen LogP contribution in [0.4, 0.5) is 11.4 Å². The largest absolute Gasteiger partial charge is 3.00 e. The van der Waals surface area contributed by atoms with Crippen molar-refractivity contribution < 1.29 is 42.9 Å². The Hall–Kier alpha value is -2.42. The minimum atomic E-state index is -1.11. The Bertz CT molecular complexity index is 1750. The van der Waals surface area contributed by atoms with Crippen LogP contribution in [0.5, 0.6) is 11.5 Å². The molecule has 0 saturated heterocycles. The van der Waals surface area contributed by atoms with Gasteiger partial charge in [0.1, 0.15) is 0 Å². The molecule has 0 aromatic heterocycles. The Morgan fingerprint density at radius 1 is 0.466 bits per heavy atom. The molecular formula is C50H76N3O2Si2Y. The number of hydrogen-bond donors (Lipinski definition) is 0. The normalized spacial score (nSPS) is 12.7. The molecule has 0 spiro atoms. The molecule has 5 nitrogen and oxygen atoms in total. The first kappa shape index (κ1) is 51.7. The maximum Gasteiger partial charge on any atom is 3.00 e. The van der Waals surface area contributed by atoms with E-state index in [1.54, 1.807) is 0 Å². The van der Waals surface area contributed by atoms with Crippen LogP contribution in [-0.4, -0.2) is 29.6 Å². The zero-order valence-electron chi connectivity index (χ0n) is 39.6. The van der Waals surface area contributed by atoms with Gasteiger partial charge in [0.25, 0.3) is 0 Å². The van der Waals surface area contributed by atoms with Gasteiger partial charge in [-0.25, -0.2) is 0 Å². The van der Waals surface area contributed by atoms with E-state index < -0.39 is 16.5 Å². The van der Waals surface area contributed by atoms with Crippen LogP contribution in [0.2, 0.25) is 39.3 Å². The number of rotatable bonds is 11. The van der Waals surface area contributed by atoms with Gasteiger partial charge < -0.3 is 24.7 Å². The third kappa shape index (κ3) is 15.9. The molecule has 4 aromatic rings. The molecule has 0 radical (unpaired) electrons. The second-order valence-electron chi connectivity index (χ2n) is 22.0. The molecule has 58 heavy (non-hydrogen) atoms. The molecule has 0 bridgehead atoms. The Kier molecular flexibility index (Phi) is 17.8. The first-order valence-electron chi connectivity index (χ1n) is 20.9.